The van der Waals surface area contributed by atoms with E-state index in [2.05, 4.69) is 25.4 Å². The quantitative estimate of drug-likeness (QED) is 0.397. The molecule has 0 bridgehead atoms. The summed E-state index contributed by atoms with van der Waals surface area (Å²) in [5, 5.41) is 16.4. The predicted molar refractivity (Wildman–Crippen MR) is 110 cm³/mol. The fourth-order valence-corrected chi connectivity index (χ4v) is 3.39. The molecular weight excluding hydrogens is 432 g/mol. The van der Waals surface area contributed by atoms with Crippen LogP contribution in [0.2, 0.25) is 0 Å². The Morgan fingerprint density at radius 2 is 1.91 bits per heavy atom. The molecule has 2 atom stereocenters. The molecule has 0 fully saturated rings. The predicted octanol–water partition coefficient (Wildman–Crippen LogP) is 3.46. The lowest BCUT2D eigenvalue weighted by Gasteiger charge is -2.17. The Labute approximate surface area is 178 Å². The Balaban J connectivity index is 1.82. The number of nitrogen functional groups attached to an aromatic ring is 1. The van der Waals surface area contributed by atoms with Crippen molar-refractivity contribution < 1.29 is 22.7 Å². The molecule has 4 heterocycles. The van der Waals surface area contributed by atoms with Crippen LogP contribution in [0.4, 0.5) is 29.3 Å². The summed E-state index contributed by atoms with van der Waals surface area (Å²) in [5.74, 6) is -0.325. The van der Waals surface area contributed by atoms with Crippen LogP contribution in [0.25, 0.3) is 27.9 Å². The first-order chi connectivity index (χ1) is 15.0. The van der Waals surface area contributed by atoms with Gasteiger partial charge in [0.2, 0.25) is 11.8 Å². The highest BCUT2D eigenvalue weighted by molar-refractivity contribution is 5.89. The van der Waals surface area contributed by atoms with Gasteiger partial charge in [0.25, 0.3) is 0 Å². The number of pyridine rings is 1. The SMILES string of the molecule is Cc1nc2ccc(-c3cc(O)n4nc(N[C@H](C)C(F)(F)F)nc(N)c34)nc2n1CC(C)F. The molecule has 4 aromatic rings. The van der Waals surface area contributed by atoms with E-state index in [1.165, 1.54) is 13.0 Å². The van der Waals surface area contributed by atoms with Gasteiger partial charge < -0.3 is 20.7 Å². The Morgan fingerprint density at radius 1 is 1.19 bits per heavy atom. The van der Waals surface area contributed by atoms with Crippen LogP contribution in [0.1, 0.15) is 19.7 Å². The van der Waals surface area contributed by atoms with E-state index in [-0.39, 0.29) is 23.8 Å². The van der Waals surface area contributed by atoms with Gasteiger partial charge in [0, 0.05) is 11.6 Å². The molecule has 1 unspecified atom stereocenters. The minimum atomic E-state index is -4.52. The highest BCUT2D eigenvalue weighted by Crippen LogP contribution is 2.34. The van der Waals surface area contributed by atoms with Crippen molar-refractivity contribution in [3.8, 4) is 17.1 Å². The van der Waals surface area contributed by atoms with Gasteiger partial charge in [-0.25, -0.2) is 14.4 Å². The number of aromatic hydroxyl groups is 1. The minimum Gasteiger partial charge on any atom is -0.493 e. The van der Waals surface area contributed by atoms with Crippen LogP contribution in [0.15, 0.2) is 18.2 Å². The lowest BCUT2D eigenvalue weighted by Crippen LogP contribution is -2.34. The van der Waals surface area contributed by atoms with Crippen molar-refractivity contribution in [2.45, 2.75) is 45.7 Å². The number of nitrogens with one attached hydrogen (secondary N) is 1. The van der Waals surface area contributed by atoms with E-state index < -0.39 is 24.3 Å². The maximum Gasteiger partial charge on any atom is 0.408 e. The number of anilines is 2. The summed E-state index contributed by atoms with van der Waals surface area (Å²) in [4.78, 5) is 12.8. The minimum absolute atomic E-state index is 0.0677. The summed E-state index contributed by atoms with van der Waals surface area (Å²) >= 11 is 0. The van der Waals surface area contributed by atoms with Crippen molar-refractivity contribution in [1.29, 1.82) is 0 Å². The van der Waals surface area contributed by atoms with Crippen molar-refractivity contribution >= 4 is 28.4 Å². The molecule has 0 aromatic carbocycles. The number of aromatic nitrogens is 6. The van der Waals surface area contributed by atoms with E-state index in [4.69, 9.17) is 5.73 Å². The number of nitrogens with zero attached hydrogens (tertiary/aromatic N) is 6. The number of nitrogens with two attached hydrogens (primary N) is 1. The van der Waals surface area contributed by atoms with Gasteiger partial charge in [-0.2, -0.15) is 22.7 Å². The standard InChI is InChI=1S/C19H20F4N8O/c1-8(20)7-30-10(3)26-13-5-4-12(27-17(13)30)11-6-14(32)31-15(11)16(24)28-18(29-31)25-9(2)19(21,22)23/h4-6,8-9,32H,7H2,1-3H3,(H3,24,25,28,29)/t8?,9-/m1/s1. The molecule has 4 aromatic heterocycles. The first-order valence-corrected chi connectivity index (χ1v) is 9.65. The number of alkyl halides is 4. The number of aryl methyl sites for hydroxylation is 1. The number of hydrogen-bond donors (Lipinski definition) is 3. The first kappa shape index (κ1) is 21.6. The molecule has 4 rings (SSSR count). The Hall–Kier alpha value is -3.64. The van der Waals surface area contributed by atoms with Gasteiger partial charge >= 0.3 is 6.18 Å². The monoisotopic (exact) mass is 452 g/mol. The van der Waals surface area contributed by atoms with Crippen LogP contribution in [0.3, 0.4) is 0 Å². The summed E-state index contributed by atoms with van der Waals surface area (Å²) < 4.78 is 54.8. The van der Waals surface area contributed by atoms with Crippen LogP contribution in [-0.2, 0) is 6.54 Å². The average Bonchev–Trinajstić information content (AvgIpc) is 3.18. The van der Waals surface area contributed by atoms with Gasteiger partial charge in [-0.05, 0) is 32.9 Å². The molecule has 13 heteroatoms. The van der Waals surface area contributed by atoms with E-state index in [0.29, 0.717) is 28.2 Å². The second-order valence-corrected chi connectivity index (χ2v) is 7.49. The maximum absolute atomic E-state index is 13.6. The third-order valence-electron chi connectivity index (χ3n) is 4.95. The average molecular weight is 452 g/mol. The zero-order chi connectivity index (χ0) is 23.4. The summed E-state index contributed by atoms with van der Waals surface area (Å²) in [6, 6.07) is 2.74. The molecule has 9 nitrogen and oxygen atoms in total. The largest absolute Gasteiger partial charge is 0.493 e. The van der Waals surface area contributed by atoms with E-state index in [0.717, 1.165) is 11.4 Å². The molecular formula is C19H20F4N8O. The molecule has 32 heavy (non-hydrogen) atoms. The van der Waals surface area contributed by atoms with Crippen LogP contribution in [-0.4, -0.2) is 52.6 Å². The third kappa shape index (κ3) is 3.74. The summed E-state index contributed by atoms with van der Waals surface area (Å²) in [6.45, 7) is 4.15. The van der Waals surface area contributed by atoms with E-state index >= 15 is 0 Å². The molecule has 0 aliphatic heterocycles. The summed E-state index contributed by atoms with van der Waals surface area (Å²) in [5.41, 5.74) is 7.92. The lowest BCUT2D eigenvalue weighted by molar-refractivity contribution is -0.138. The first-order valence-electron chi connectivity index (χ1n) is 9.65. The lowest BCUT2D eigenvalue weighted by atomic mass is 10.2. The van der Waals surface area contributed by atoms with Gasteiger partial charge in [0.05, 0.1) is 12.2 Å². The Bertz CT molecular complexity index is 1310. The number of hydrogen-bond acceptors (Lipinski definition) is 7. The Morgan fingerprint density at radius 3 is 2.56 bits per heavy atom. The van der Waals surface area contributed by atoms with E-state index in [9.17, 15) is 22.7 Å². The molecule has 0 saturated carbocycles. The van der Waals surface area contributed by atoms with Crippen LogP contribution in [0, 0.1) is 6.92 Å². The molecule has 4 N–H and O–H groups in total. The smallest absolute Gasteiger partial charge is 0.408 e. The van der Waals surface area contributed by atoms with Crippen molar-refractivity contribution in [2.24, 2.45) is 0 Å². The second-order valence-electron chi connectivity index (χ2n) is 7.49. The molecule has 0 amide bonds. The summed E-state index contributed by atoms with van der Waals surface area (Å²) in [6.07, 6.45) is -5.64. The third-order valence-corrected chi connectivity index (χ3v) is 4.95. The zero-order valence-corrected chi connectivity index (χ0v) is 17.3. The normalized spacial score (nSPS) is 14.2. The van der Waals surface area contributed by atoms with E-state index in [1.54, 1.807) is 23.6 Å². The highest BCUT2D eigenvalue weighted by atomic mass is 19.4. The van der Waals surface area contributed by atoms with Gasteiger partial charge in [0.1, 0.15) is 29.1 Å². The van der Waals surface area contributed by atoms with Gasteiger partial charge in [-0.1, -0.05) is 0 Å². The van der Waals surface area contributed by atoms with Crippen molar-refractivity contribution in [3.05, 3.63) is 24.0 Å². The topological polar surface area (TPSA) is 119 Å². The van der Waals surface area contributed by atoms with Crippen LogP contribution < -0.4 is 11.1 Å². The van der Waals surface area contributed by atoms with Crippen molar-refractivity contribution in [2.75, 3.05) is 11.1 Å². The molecule has 0 spiro atoms. The van der Waals surface area contributed by atoms with Gasteiger partial charge in [-0.15, -0.1) is 5.10 Å². The van der Waals surface area contributed by atoms with Crippen LogP contribution >= 0.6 is 0 Å². The van der Waals surface area contributed by atoms with Crippen molar-refractivity contribution in [1.82, 2.24) is 29.1 Å². The van der Waals surface area contributed by atoms with Crippen LogP contribution in [0.5, 0.6) is 5.88 Å². The number of fused-ring (bicyclic) bond motifs is 2. The number of imidazole rings is 1. The van der Waals surface area contributed by atoms with Gasteiger partial charge in [-0.3, -0.25) is 0 Å². The molecule has 170 valence electrons. The highest BCUT2D eigenvalue weighted by Gasteiger charge is 2.36. The fourth-order valence-electron chi connectivity index (χ4n) is 3.39. The number of rotatable bonds is 5. The van der Waals surface area contributed by atoms with E-state index in [1.807, 2.05) is 0 Å². The molecule has 0 aliphatic carbocycles. The van der Waals surface area contributed by atoms with Gasteiger partial charge in [0.15, 0.2) is 11.5 Å². The molecule has 0 aliphatic rings. The molecule has 0 radical (unpaired) electrons. The second kappa shape index (κ2) is 7.50. The fraction of sp³-hybridized carbons (Fsp3) is 0.368. The van der Waals surface area contributed by atoms with Crippen molar-refractivity contribution in [3.63, 3.8) is 0 Å². The number of halogens is 4. The Kier molecular flexibility index (Phi) is 5.06. The zero-order valence-electron chi connectivity index (χ0n) is 17.3. The molecule has 0 saturated heterocycles. The maximum atomic E-state index is 13.6. The summed E-state index contributed by atoms with van der Waals surface area (Å²) in [7, 11) is 0.